The van der Waals surface area contributed by atoms with Gasteiger partial charge in [-0.05, 0) is 19.1 Å². The molecule has 0 aliphatic carbocycles. The molecule has 2 aromatic heterocycles. The number of para-hydroxylation sites is 2. The third-order valence-electron chi connectivity index (χ3n) is 3.34. The van der Waals surface area contributed by atoms with Crippen molar-refractivity contribution in [2.75, 3.05) is 11.9 Å². The minimum atomic E-state index is -0.581. The van der Waals surface area contributed by atoms with Crippen LogP contribution in [0, 0.1) is 6.92 Å². The van der Waals surface area contributed by atoms with Crippen LogP contribution in [-0.2, 0) is 20.9 Å². The quantitative estimate of drug-likeness (QED) is 0.673. The average molecular weight is 361 g/mol. The second-order valence-electron chi connectivity index (χ2n) is 5.24. The van der Waals surface area contributed by atoms with Gasteiger partial charge in [0, 0.05) is 11.9 Å². The van der Waals surface area contributed by atoms with Gasteiger partial charge in [0.2, 0.25) is 0 Å². The van der Waals surface area contributed by atoms with Crippen molar-refractivity contribution in [3.63, 3.8) is 0 Å². The maximum absolute atomic E-state index is 11.8. The molecule has 9 heteroatoms. The van der Waals surface area contributed by atoms with Crippen molar-refractivity contribution in [1.29, 1.82) is 0 Å². The maximum Gasteiger partial charge on any atom is 0.419 e. The lowest BCUT2D eigenvalue weighted by Crippen LogP contribution is -2.22. The highest BCUT2D eigenvalue weighted by molar-refractivity contribution is 7.13. The second-order valence-corrected chi connectivity index (χ2v) is 6.10. The topological polar surface area (TPSA) is 103 Å². The second kappa shape index (κ2) is 7.31. The molecule has 2 heterocycles. The lowest BCUT2D eigenvalue weighted by Gasteiger charge is -2.05. The number of hydrogen-bond donors (Lipinski definition) is 1. The van der Waals surface area contributed by atoms with Gasteiger partial charge in [0.1, 0.15) is 0 Å². The van der Waals surface area contributed by atoms with Gasteiger partial charge >= 0.3 is 11.7 Å². The third kappa shape index (κ3) is 4.13. The smallest absolute Gasteiger partial charge is 0.419 e. The Morgan fingerprint density at radius 2 is 2.16 bits per heavy atom. The fraction of sp³-hybridized carbons (Fsp3) is 0.250. The molecule has 0 bridgehead atoms. The van der Waals surface area contributed by atoms with E-state index in [0.29, 0.717) is 16.2 Å². The highest BCUT2D eigenvalue weighted by atomic mass is 32.1. The molecular weight excluding hydrogens is 346 g/mol. The Bertz CT molecular complexity index is 971. The van der Waals surface area contributed by atoms with Crippen LogP contribution >= 0.6 is 11.3 Å². The van der Waals surface area contributed by atoms with Crippen molar-refractivity contribution in [2.45, 2.75) is 19.9 Å². The molecule has 3 aromatic rings. The zero-order chi connectivity index (χ0) is 17.8. The molecule has 0 saturated heterocycles. The summed E-state index contributed by atoms with van der Waals surface area (Å²) in [7, 11) is 0. The predicted octanol–water partition coefficient (Wildman–Crippen LogP) is 1.93. The van der Waals surface area contributed by atoms with Gasteiger partial charge in [0.15, 0.2) is 17.3 Å². The molecule has 0 aliphatic rings. The van der Waals surface area contributed by atoms with Crippen molar-refractivity contribution >= 4 is 39.4 Å². The highest BCUT2D eigenvalue weighted by Gasteiger charge is 2.13. The normalized spacial score (nSPS) is 10.8. The number of amides is 1. The Balaban J connectivity index is 1.50. The van der Waals surface area contributed by atoms with Crippen LogP contribution < -0.4 is 11.1 Å². The molecule has 0 atom stereocenters. The Kier molecular flexibility index (Phi) is 4.94. The van der Waals surface area contributed by atoms with E-state index < -0.39 is 24.2 Å². The zero-order valence-electron chi connectivity index (χ0n) is 13.4. The first-order chi connectivity index (χ1) is 12.0. The number of oxazole rings is 1. The number of rotatable bonds is 6. The molecule has 0 fully saturated rings. The number of esters is 1. The van der Waals surface area contributed by atoms with Gasteiger partial charge in [-0.1, -0.05) is 12.1 Å². The standard InChI is InChI=1S/C16H15N3O5S/c1-10-9-25-15(17-10)18-13(20)8-23-14(21)6-7-19-11-4-2-3-5-12(11)24-16(19)22/h2-5,9H,6-8H2,1H3,(H,17,18,20). The molecule has 1 amide bonds. The van der Waals surface area contributed by atoms with Crippen molar-refractivity contribution in [3.05, 3.63) is 45.9 Å². The molecule has 130 valence electrons. The molecule has 0 spiro atoms. The van der Waals surface area contributed by atoms with E-state index in [4.69, 9.17) is 9.15 Å². The van der Waals surface area contributed by atoms with Crippen molar-refractivity contribution < 1.29 is 18.7 Å². The number of aromatic nitrogens is 2. The van der Waals surface area contributed by atoms with E-state index in [9.17, 15) is 14.4 Å². The number of hydrogen-bond acceptors (Lipinski definition) is 7. The SMILES string of the molecule is Cc1csc(NC(=O)COC(=O)CCn2c(=O)oc3ccccc32)n1. The van der Waals surface area contributed by atoms with Crippen LogP contribution in [0.25, 0.3) is 11.1 Å². The number of ether oxygens (including phenoxy) is 1. The number of nitrogens with zero attached hydrogens (tertiary/aromatic N) is 2. The number of benzene rings is 1. The summed E-state index contributed by atoms with van der Waals surface area (Å²) in [5.74, 6) is -1.58. The van der Waals surface area contributed by atoms with Gasteiger partial charge in [-0.25, -0.2) is 9.78 Å². The van der Waals surface area contributed by atoms with E-state index in [1.807, 2.05) is 6.92 Å². The fourth-order valence-electron chi connectivity index (χ4n) is 2.21. The number of nitrogens with one attached hydrogen (secondary N) is 1. The van der Waals surface area contributed by atoms with Crippen LogP contribution in [0.5, 0.6) is 0 Å². The predicted molar refractivity (Wildman–Crippen MR) is 91.5 cm³/mol. The molecular formula is C16H15N3O5S. The van der Waals surface area contributed by atoms with Crippen LogP contribution in [0.15, 0.2) is 38.9 Å². The third-order valence-corrected chi connectivity index (χ3v) is 4.22. The van der Waals surface area contributed by atoms with Crippen LogP contribution in [-0.4, -0.2) is 28.0 Å². The Hall–Kier alpha value is -2.94. The number of thiazole rings is 1. The Morgan fingerprint density at radius 1 is 1.36 bits per heavy atom. The van der Waals surface area contributed by atoms with Crippen LogP contribution in [0.1, 0.15) is 12.1 Å². The largest absolute Gasteiger partial charge is 0.456 e. The summed E-state index contributed by atoms with van der Waals surface area (Å²) in [5.41, 5.74) is 1.87. The number of fused-ring (bicyclic) bond motifs is 1. The number of anilines is 1. The van der Waals surface area contributed by atoms with Crippen molar-refractivity contribution in [3.8, 4) is 0 Å². The molecule has 0 saturated carbocycles. The van der Waals surface area contributed by atoms with Gasteiger partial charge in [0.05, 0.1) is 17.6 Å². The summed E-state index contributed by atoms with van der Waals surface area (Å²) in [5, 5.41) is 4.80. The number of carbonyl (C=O) groups excluding carboxylic acids is 2. The summed E-state index contributed by atoms with van der Waals surface area (Å²) in [6, 6.07) is 6.94. The Labute approximate surface area is 146 Å². The molecule has 0 radical (unpaired) electrons. The summed E-state index contributed by atoms with van der Waals surface area (Å²) >= 11 is 1.29. The average Bonchev–Trinajstić information content (AvgIpc) is 3.13. The Morgan fingerprint density at radius 3 is 2.92 bits per heavy atom. The summed E-state index contributed by atoms with van der Waals surface area (Å²) in [4.78, 5) is 39.4. The first-order valence-corrected chi connectivity index (χ1v) is 8.37. The highest BCUT2D eigenvalue weighted by Crippen LogP contribution is 2.14. The van der Waals surface area contributed by atoms with E-state index in [2.05, 4.69) is 10.3 Å². The number of carbonyl (C=O) groups is 2. The minimum absolute atomic E-state index is 0.0485. The number of aryl methyl sites for hydroxylation is 2. The summed E-state index contributed by atoms with van der Waals surface area (Å²) in [6.07, 6.45) is -0.0485. The molecule has 0 aliphatic heterocycles. The van der Waals surface area contributed by atoms with Gasteiger partial charge in [-0.3, -0.25) is 19.5 Å². The lowest BCUT2D eigenvalue weighted by atomic mass is 10.3. The summed E-state index contributed by atoms with van der Waals surface area (Å²) in [6.45, 7) is 1.52. The molecule has 8 nitrogen and oxygen atoms in total. The van der Waals surface area contributed by atoms with E-state index in [1.165, 1.54) is 15.9 Å². The van der Waals surface area contributed by atoms with Crippen LogP contribution in [0.3, 0.4) is 0 Å². The van der Waals surface area contributed by atoms with E-state index in [1.54, 1.807) is 29.6 Å². The molecule has 3 rings (SSSR count). The minimum Gasteiger partial charge on any atom is -0.456 e. The van der Waals surface area contributed by atoms with Crippen LogP contribution in [0.4, 0.5) is 5.13 Å². The maximum atomic E-state index is 11.8. The molecule has 25 heavy (non-hydrogen) atoms. The first kappa shape index (κ1) is 16.9. The lowest BCUT2D eigenvalue weighted by molar-refractivity contribution is -0.147. The van der Waals surface area contributed by atoms with Crippen molar-refractivity contribution in [2.24, 2.45) is 0 Å². The van der Waals surface area contributed by atoms with Gasteiger partial charge in [-0.2, -0.15) is 0 Å². The monoisotopic (exact) mass is 361 g/mol. The molecule has 1 aromatic carbocycles. The first-order valence-electron chi connectivity index (χ1n) is 7.49. The molecule has 0 unspecified atom stereocenters. The van der Waals surface area contributed by atoms with E-state index in [-0.39, 0.29) is 13.0 Å². The van der Waals surface area contributed by atoms with Gasteiger partial charge in [-0.15, -0.1) is 11.3 Å². The fourth-order valence-corrected chi connectivity index (χ4v) is 2.92. The van der Waals surface area contributed by atoms with E-state index >= 15 is 0 Å². The zero-order valence-corrected chi connectivity index (χ0v) is 14.2. The molecule has 1 N–H and O–H groups in total. The van der Waals surface area contributed by atoms with E-state index in [0.717, 1.165) is 5.69 Å². The van der Waals surface area contributed by atoms with Gasteiger partial charge < -0.3 is 9.15 Å². The summed E-state index contributed by atoms with van der Waals surface area (Å²) < 4.78 is 11.4. The van der Waals surface area contributed by atoms with Crippen LogP contribution in [0.2, 0.25) is 0 Å². The van der Waals surface area contributed by atoms with Gasteiger partial charge in [0.25, 0.3) is 5.91 Å². The van der Waals surface area contributed by atoms with Crippen molar-refractivity contribution in [1.82, 2.24) is 9.55 Å².